The smallest absolute Gasteiger partial charge is 0.0992 e. The van der Waals surface area contributed by atoms with E-state index in [4.69, 9.17) is 5.26 Å². The Morgan fingerprint density at radius 2 is 1.89 bits per heavy atom. The normalized spacial score (nSPS) is 17.9. The van der Waals surface area contributed by atoms with E-state index in [1.54, 1.807) is 13.0 Å². The number of rotatable bonds is 2. The lowest BCUT2D eigenvalue weighted by molar-refractivity contribution is 0.199. The van der Waals surface area contributed by atoms with Crippen LogP contribution in [0.25, 0.3) is 0 Å². The number of hydrogen-bond acceptors (Lipinski definition) is 3. The third kappa shape index (κ3) is 2.83. The van der Waals surface area contributed by atoms with Crippen LogP contribution in [0.4, 0.5) is 5.69 Å². The molecule has 96 valence electrons. The average Bonchev–Trinajstić information content (AvgIpc) is 2.66. The number of nitriles is 1. The molecule has 0 spiro atoms. The second kappa shape index (κ2) is 5.88. The fourth-order valence-electron chi connectivity index (χ4n) is 2.55. The third-order valence-electron chi connectivity index (χ3n) is 3.56. The molecule has 0 unspecified atom stereocenters. The molecule has 1 atom stereocenters. The molecule has 0 bridgehead atoms. The van der Waals surface area contributed by atoms with Gasteiger partial charge in [0.1, 0.15) is 0 Å². The van der Waals surface area contributed by atoms with Crippen LogP contribution in [0.5, 0.6) is 0 Å². The molecule has 3 nitrogen and oxygen atoms in total. The minimum Gasteiger partial charge on any atom is -0.389 e. The molecule has 2 rings (SSSR count). The van der Waals surface area contributed by atoms with E-state index in [2.05, 4.69) is 11.0 Å². The number of anilines is 1. The molecule has 0 aliphatic carbocycles. The van der Waals surface area contributed by atoms with Gasteiger partial charge in [-0.3, -0.25) is 0 Å². The molecular formula is C15H20N2O. The van der Waals surface area contributed by atoms with Gasteiger partial charge in [0.05, 0.1) is 17.7 Å². The summed E-state index contributed by atoms with van der Waals surface area (Å²) < 4.78 is 0. The Bertz CT molecular complexity index is 440. The first-order valence-corrected chi connectivity index (χ1v) is 6.69. The van der Waals surface area contributed by atoms with Gasteiger partial charge in [-0.1, -0.05) is 18.9 Å². The maximum absolute atomic E-state index is 9.86. The third-order valence-corrected chi connectivity index (χ3v) is 3.56. The van der Waals surface area contributed by atoms with E-state index in [0.29, 0.717) is 5.56 Å². The summed E-state index contributed by atoms with van der Waals surface area (Å²) in [4.78, 5) is 2.32. The predicted molar refractivity (Wildman–Crippen MR) is 72.5 cm³/mol. The first-order valence-electron chi connectivity index (χ1n) is 6.69. The Labute approximate surface area is 109 Å². The van der Waals surface area contributed by atoms with Crippen LogP contribution in [0.1, 0.15) is 49.8 Å². The molecule has 0 amide bonds. The highest BCUT2D eigenvalue weighted by molar-refractivity contribution is 5.58. The van der Waals surface area contributed by atoms with E-state index in [9.17, 15) is 5.11 Å². The van der Waals surface area contributed by atoms with Crippen LogP contribution in [-0.2, 0) is 0 Å². The minimum absolute atomic E-state index is 0.490. The van der Waals surface area contributed by atoms with E-state index in [1.807, 2.05) is 12.1 Å². The molecule has 1 N–H and O–H groups in total. The fraction of sp³-hybridized carbons (Fsp3) is 0.533. The highest BCUT2D eigenvalue weighted by Crippen LogP contribution is 2.29. The molecule has 0 radical (unpaired) electrons. The van der Waals surface area contributed by atoms with Crippen molar-refractivity contribution in [2.45, 2.75) is 38.7 Å². The number of benzene rings is 1. The first kappa shape index (κ1) is 12.9. The number of nitrogens with zero attached hydrogens (tertiary/aromatic N) is 2. The Hall–Kier alpha value is -1.53. The summed E-state index contributed by atoms with van der Waals surface area (Å²) in [6, 6.07) is 7.75. The summed E-state index contributed by atoms with van der Waals surface area (Å²) in [6.07, 6.45) is 4.44. The van der Waals surface area contributed by atoms with E-state index in [-0.39, 0.29) is 0 Å². The van der Waals surface area contributed by atoms with Crippen LogP contribution in [0.3, 0.4) is 0 Å². The van der Waals surface area contributed by atoms with Gasteiger partial charge in [-0.25, -0.2) is 0 Å². The Balaban J connectivity index is 2.36. The fourth-order valence-corrected chi connectivity index (χ4v) is 2.55. The van der Waals surface area contributed by atoms with Gasteiger partial charge in [0.15, 0.2) is 0 Å². The lowest BCUT2D eigenvalue weighted by Gasteiger charge is -2.26. The van der Waals surface area contributed by atoms with Crippen LogP contribution in [0.15, 0.2) is 18.2 Å². The second-order valence-corrected chi connectivity index (χ2v) is 4.96. The van der Waals surface area contributed by atoms with Crippen LogP contribution in [0, 0.1) is 11.3 Å². The Morgan fingerprint density at radius 3 is 2.44 bits per heavy atom. The molecule has 1 heterocycles. The van der Waals surface area contributed by atoms with Crippen LogP contribution in [-0.4, -0.2) is 18.2 Å². The Morgan fingerprint density at radius 1 is 1.22 bits per heavy atom. The summed E-state index contributed by atoms with van der Waals surface area (Å²) in [6.45, 7) is 3.83. The van der Waals surface area contributed by atoms with Crippen molar-refractivity contribution in [2.24, 2.45) is 0 Å². The quantitative estimate of drug-likeness (QED) is 0.870. The van der Waals surface area contributed by atoms with Crippen molar-refractivity contribution in [2.75, 3.05) is 18.0 Å². The van der Waals surface area contributed by atoms with Crippen molar-refractivity contribution < 1.29 is 5.11 Å². The number of hydrogen-bond donors (Lipinski definition) is 1. The zero-order valence-corrected chi connectivity index (χ0v) is 10.9. The van der Waals surface area contributed by atoms with Crippen molar-refractivity contribution in [3.05, 3.63) is 29.3 Å². The molecule has 1 saturated heterocycles. The molecule has 3 heteroatoms. The van der Waals surface area contributed by atoms with E-state index in [0.717, 1.165) is 24.3 Å². The number of aliphatic hydroxyl groups excluding tert-OH is 1. The predicted octanol–water partition coefficient (Wildman–Crippen LogP) is 2.99. The maximum atomic E-state index is 9.86. The minimum atomic E-state index is -0.490. The highest BCUT2D eigenvalue weighted by Gasteiger charge is 2.16. The average molecular weight is 244 g/mol. The lowest BCUT2D eigenvalue weighted by atomic mass is 10.0. The van der Waals surface area contributed by atoms with Gasteiger partial charge in [0.2, 0.25) is 0 Å². The number of aliphatic hydroxyl groups is 1. The Kier molecular flexibility index (Phi) is 4.22. The van der Waals surface area contributed by atoms with Crippen molar-refractivity contribution in [3.63, 3.8) is 0 Å². The molecule has 1 aromatic carbocycles. The molecule has 1 aliphatic rings. The van der Waals surface area contributed by atoms with Crippen molar-refractivity contribution in [1.82, 2.24) is 0 Å². The van der Waals surface area contributed by atoms with Gasteiger partial charge in [-0.2, -0.15) is 5.26 Å². The molecule has 1 aliphatic heterocycles. The molecule has 0 aromatic heterocycles. The van der Waals surface area contributed by atoms with Gasteiger partial charge >= 0.3 is 0 Å². The molecular weight excluding hydrogens is 224 g/mol. The summed E-state index contributed by atoms with van der Waals surface area (Å²) in [5.74, 6) is 0. The zero-order chi connectivity index (χ0) is 13.0. The van der Waals surface area contributed by atoms with Crippen LogP contribution in [0.2, 0.25) is 0 Å². The van der Waals surface area contributed by atoms with Gasteiger partial charge in [0.25, 0.3) is 0 Å². The van der Waals surface area contributed by atoms with Gasteiger partial charge in [0, 0.05) is 24.3 Å². The zero-order valence-electron chi connectivity index (χ0n) is 10.9. The molecule has 1 aromatic rings. The van der Waals surface area contributed by atoms with E-state index < -0.39 is 6.10 Å². The summed E-state index contributed by atoms with van der Waals surface area (Å²) in [7, 11) is 0. The van der Waals surface area contributed by atoms with Crippen LogP contribution >= 0.6 is 0 Å². The van der Waals surface area contributed by atoms with Gasteiger partial charge in [-0.15, -0.1) is 0 Å². The summed E-state index contributed by atoms with van der Waals surface area (Å²) >= 11 is 0. The maximum Gasteiger partial charge on any atom is 0.0992 e. The lowest BCUT2D eigenvalue weighted by Crippen LogP contribution is -2.25. The topological polar surface area (TPSA) is 47.3 Å². The van der Waals surface area contributed by atoms with Crippen molar-refractivity contribution in [1.29, 1.82) is 5.26 Å². The van der Waals surface area contributed by atoms with E-state index in [1.165, 1.54) is 25.7 Å². The summed E-state index contributed by atoms with van der Waals surface area (Å²) in [5.41, 5.74) is 2.63. The standard InChI is InChI=1S/C15H20N2O/c1-12(18)14-7-6-13(11-16)10-15(14)17-8-4-2-3-5-9-17/h6-7,10,12,18H,2-5,8-9H2,1H3/t12-/m0/s1. The second-order valence-electron chi connectivity index (χ2n) is 4.96. The van der Waals surface area contributed by atoms with Gasteiger partial charge < -0.3 is 10.0 Å². The summed E-state index contributed by atoms with van der Waals surface area (Å²) in [5, 5.41) is 18.9. The van der Waals surface area contributed by atoms with Crippen molar-refractivity contribution >= 4 is 5.69 Å². The molecule has 18 heavy (non-hydrogen) atoms. The van der Waals surface area contributed by atoms with E-state index >= 15 is 0 Å². The van der Waals surface area contributed by atoms with Gasteiger partial charge in [-0.05, 0) is 31.9 Å². The largest absolute Gasteiger partial charge is 0.389 e. The van der Waals surface area contributed by atoms with Crippen LogP contribution < -0.4 is 4.90 Å². The SMILES string of the molecule is C[C@H](O)c1ccc(C#N)cc1N1CCCCCC1. The highest BCUT2D eigenvalue weighted by atomic mass is 16.3. The molecule has 0 saturated carbocycles. The monoisotopic (exact) mass is 244 g/mol. The molecule has 1 fully saturated rings. The first-order chi connectivity index (χ1) is 8.72. The van der Waals surface area contributed by atoms with Crippen molar-refractivity contribution in [3.8, 4) is 6.07 Å².